The van der Waals surface area contributed by atoms with Crippen molar-refractivity contribution in [3.8, 4) is 5.75 Å². The molecule has 0 N–H and O–H groups in total. The van der Waals surface area contributed by atoms with Crippen molar-refractivity contribution in [2.24, 2.45) is 0 Å². The van der Waals surface area contributed by atoms with Gasteiger partial charge in [-0.1, -0.05) is 29.8 Å². The summed E-state index contributed by atoms with van der Waals surface area (Å²) in [6.07, 6.45) is 4.38. The molecule has 0 aliphatic rings. The van der Waals surface area contributed by atoms with Gasteiger partial charge in [0.05, 0.1) is 6.61 Å². The van der Waals surface area contributed by atoms with Crippen LogP contribution in [0.1, 0.15) is 24.0 Å². The molecule has 0 saturated heterocycles. The number of hydrogen-bond acceptors (Lipinski definition) is 1. The van der Waals surface area contributed by atoms with Gasteiger partial charge in [0, 0.05) is 18.3 Å². The zero-order valence-electron chi connectivity index (χ0n) is 13.4. The number of hydrogen-bond donors (Lipinski definition) is 0. The minimum atomic E-state index is 0.781. The van der Waals surface area contributed by atoms with Crippen molar-refractivity contribution in [2.75, 3.05) is 6.61 Å². The van der Waals surface area contributed by atoms with E-state index in [0.29, 0.717) is 0 Å². The van der Waals surface area contributed by atoms with Crippen molar-refractivity contribution in [1.29, 1.82) is 0 Å². The monoisotopic (exact) mass is 293 g/mol. The molecule has 2 heteroatoms. The molecule has 1 aromatic heterocycles. The second kappa shape index (κ2) is 6.69. The molecule has 0 aliphatic heterocycles. The van der Waals surface area contributed by atoms with E-state index in [9.17, 15) is 0 Å². The number of rotatable bonds is 6. The first-order valence-electron chi connectivity index (χ1n) is 7.98. The van der Waals surface area contributed by atoms with Crippen molar-refractivity contribution in [2.45, 2.75) is 33.2 Å². The quantitative estimate of drug-likeness (QED) is 0.575. The lowest BCUT2D eigenvalue weighted by Gasteiger charge is -2.09. The van der Waals surface area contributed by atoms with Gasteiger partial charge in [0.1, 0.15) is 5.75 Å². The lowest BCUT2D eigenvalue weighted by molar-refractivity contribution is 0.301. The normalized spacial score (nSPS) is 11.0. The van der Waals surface area contributed by atoms with Crippen LogP contribution in [0, 0.1) is 13.8 Å². The molecule has 0 aliphatic carbocycles. The first kappa shape index (κ1) is 14.7. The summed E-state index contributed by atoms with van der Waals surface area (Å²) in [7, 11) is 0. The van der Waals surface area contributed by atoms with Crippen LogP contribution >= 0.6 is 0 Å². The van der Waals surface area contributed by atoms with E-state index in [0.717, 1.165) is 31.7 Å². The zero-order chi connectivity index (χ0) is 15.4. The highest BCUT2D eigenvalue weighted by Crippen LogP contribution is 2.19. The van der Waals surface area contributed by atoms with E-state index in [1.54, 1.807) is 0 Å². The number of nitrogens with zero attached hydrogens (tertiary/aromatic N) is 1. The summed E-state index contributed by atoms with van der Waals surface area (Å²) >= 11 is 0. The van der Waals surface area contributed by atoms with Gasteiger partial charge in [-0.25, -0.2) is 0 Å². The highest BCUT2D eigenvalue weighted by Gasteiger charge is 2.01. The van der Waals surface area contributed by atoms with Gasteiger partial charge >= 0.3 is 0 Å². The van der Waals surface area contributed by atoms with Crippen LogP contribution in [0.15, 0.2) is 54.7 Å². The van der Waals surface area contributed by atoms with Crippen LogP contribution in [0.3, 0.4) is 0 Å². The van der Waals surface area contributed by atoms with E-state index in [1.807, 2.05) is 18.2 Å². The molecule has 0 bridgehead atoms. The number of ether oxygens (including phenoxy) is 1. The fourth-order valence-corrected chi connectivity index (χ4v) is 2.80. The average Bonchev–Trinajstić information content (AvgIpc) is 2.91. The van der Waals surface area contributed by atoms with E-state index in [-0.39, 0.29) is 0 Å². The van der Waals surface area contributed by atoms with E-state index >= 15 is 0 Å². The van der Waals surface area contributed by atoms with Gasteiger partial charge < -0.3 is 9.30 Å². The molecule has 0 atom stereocenters. The van der Waals surface area contributed by atoms with Crippen molar-refractivity contribution >= 4 is 10.9 Å². The molecule has 3 rings (SSSR count). The molecule has 0 spiro atoms. The Balaban J connectivity index is 1.49. The number of aromatic nitrogens is 1. The highest BCUT2D eigenvalue weighted by atomic mass is 16.5. The summed E-state index contributed by atoms with van der Waals surface area (Å²) in [6, 6.07) is 17.0. The minimum Gasteiger partial charge on any atom is -0.493 e. The second-order valence-corrected chi connectivity index (χ2v) is 5.89. The van der Waals surface area contributed by atoms with Crippen molar-refractivity contribution in [3.63, 3.8) is 0 Å². The van der Waals surface area contributed by atoms with Crippen LogP contribution in [0.4, 0.5) is 0 Å². The van der Waals surface area contributed by atoms with Crippen LogP contribution < -0.4 is 4.74 Å². The topological polar surface area (TPSA) is 14.2 Å². The standard InChI is InChI=1S/C20H23NO/c1-16-9-10-19-18(15-16)11-13-21(19)12-5-6-14-22-20-8-4-3-7-17(20)2/h3-4,7-11,13,15H,5-6,12,14H2,1-2H3. The average molecular weight is 293 g/mol. The summed E-state index contributed by atoms with van der Waals surface area (Å²) in [5, 5.41) is 1.33. The summed E-state index contributed by atoms with van der Waals surface area (Å²) in [5.74, 6) is 1.00. The summed E-state index contributed by atoms with van der Waals surface area (Å²) < 4.78 is 8.19. The molecule has 114 valence electrons. The van der Waals surface area contributed by atoms with Crippen LogP contribution in [-0.4, -0.2) is 11.2 Å². The maximum Gasteiger partial charge on any atom is 0.122 e. The molecular formula is C20H23NO. The van der Waals surface area contributed by atoms with Crippen LogP contribution in [-0.2, 0) is 6.54 Å². The number of fused-ring (bicyclic) bond motifs is 1. The molecule has 2 aromatic carbocycles. The summed E-state index contributed by atoms with van der Waals surface area (Å²) in [5.41, 5.74) is 3.84. The molecule has 0 fully saturated rings. The van der Waals surface area contributed by atoms with Gasteiger partial charge in [0.2, 0.25) is 0 Å². The van der Waals surface area contributed by atoms with Gasteiger partial charge in [0.15, 0.2) is 0 Å². The molecule has 22 heavy (non-hydrogen) atoms. The Kier molecular flexibility index (Phi) is 4.47. The number of benzene rings is 2. The van der Waals surface area contributed by atoms with Gasteiger partial charge in [-0.2, -0.15) is 0 Å². The van der Waals surface area contributed by atoms with Gasteiger partial charge in [-0.05, 0) is 61.9 Å². The smallest absolute Gasteiger partial charge is 0.122 e. The zero-order valence-corrected chi connectivity index (χ0v) is 13.4. The number of para-hydroxylation sites is 1. The number of aryl methyl sites for hydroxylation is 3. The van der Waals surface area contributed by atoms with E-state index in [2.05, 4.69) is 54.9 Å². The molecule has 0 saturated carbocycles. The Bertz CT molecular complexity index is 757. The molecule has 3 aromatic rings. The lowest BCUT2D eigenvalue weighted by Crippen LogP contribution is -2.02. The fourth-order valence-electron chi connectivity index (χ4n) is 2.80. The molecule has 1 heterocycles. The molecule has 2 nitrogen and oxygen atoms in total. The third-order valence-electron chi connectivity index (χ3n) is 4.07. The van der Waals surface area contributed by atoms with Crippen LogP contribution in [0.25, 0.3) is 10.9 Å². The third-order valence-corrected chi connectivity index (χ3v) is 4.07. The van der Waals surface area contributed by atoms with Crippen molar-refractivity contribution in [3.05, 3.63) is 65.9 Å². The molecule has 0 unspecified atom stereocenters. The minimum absolute atomic E-state index is 0.781. The molecule has 0 radical (unpaired) electrons. The predicted molar refractivity (Wildman–Crippen MR) is 92.6 cm³/mol. The maximum absolute atomic E-state index is 5.85. The van der Waals surface area contributed by atoms with Gasteiger partial charge in [-0.15, -0.1) is 0 Å². The van der Waals surface area contributed by atoms with Crippen LogP contribution in [0.2, 0.25) is 0 Å². The van der Waals surface area contributed by atoms with Crippen molar-refractivity contribution < 1.29 is 4.74 Å². The SMILES string of the molecule is Cc1ccc2c(ccn2CCCCOc2ccccc2C)c1. The first-order valence-corrected chi connectivity index (χ1v) is 7.98. The van der Waals surface area contributed by atoms with Crippen molar-refractivity contribution in [1.82, 2.24) is 4.57 Å². The van der Waals surface area contributed by atoms with Gasteiger partial charge in [-0.3, -0.25) is 0 Å². The summed E-state index contributed by atoms with van der Waals surface area (Å²) in [4.78, 5) is 0. The largest absolute Gasteiger partial charge is 0.493 e. The Hall–Kier alpha value is -2.22. The van der Waals surface area contributed by atoms with E-state index in [1.165, 1.54) is 22.0 Å². The Morgan fingerprint density at radius 1 is 0.955 bits per heavy atom. The highest BCUT2D eigenvalue weighted by molar-refractivity contribution is 5.80. The Morgan fingerprint density at radius 3 is 2.68 bits per heavy atom. The Morgan fingerprint density at radius 2 is 1.82 bits per heavy atom. The lowest BCUT2D eigenvalue weighted by atomic mass is 10.2. The third kappa shape index (κ3) is 3.33. The van der Waals surface area contributed by atoms with Crippen LogP contribution in [0.5, 0.6) is 5.75 Å². The second-order valence-electron chi connectivity index (χ2n) is 5.89. The Labute approximate surface area is 132 Å². The predicted octanol–water partition coefficient (Wildman–Crippen LogP) is 5.12. The van der Waals surface area contributed by atoms with E-state index in [4.69, 9.17) is 4.74 Å². The molecule has 0 amide bonds. The fraction of sp³-hybridized carbons (Fsp3) is 0.300. The summed E-state index contributed by atoms with van der Waals surface area (Å²) in [6.45, 7) is 6.05. The number of unbranched alkanes of at least 4 members (excludes halogenated alkanes) is 1. The maximum atomic E-state index is 5.85. The first-order chi connectivity index (χ1) is 10.7. The van der Waals surface area contributed by atoms with E-state index < -0.39 is 0 Å². The van der Waals surface area contributed by atoms with Gasteiger partial charge in [0.25, 0.3) is 0 Å². The molecular weight excluding hydrogens is 270 g/mol.